The summed E-state index contributed by atoms with van der Waals surface area (Å²) in [6.45, 7) is 6.54. The molecule has 29 heavy (non-hydrogen) atoms. The van der Waals surface area contributed by atoms with E-state index in [4.69, 9.17) is 16.3 Å². The number of hydrogen-bond donors (Lipinski definition) is 1. The Morgan fingerprint density at radius 3 is 2.31 bits per heavy atom. The van der Waals surface area contributed by atoms with Crippen molar-refractivity contribution in [2.75, 3.05) is 25.0 Å². The molecule has 0 aliphatic carbocycles. The fourth-order valence-electron chi connectivity index (χ4n) is 2.88. The summed E-state index contributed by atoms with van der Waals surface area (Å²) in [7, 11) is -3.64. The summed E-state index contributed by atoms with van der Waals surface area (Å²) < 4.78 is 32.5. The molecule has 0 aromatic heterocycles. The largest absolute Gasteiger partial charge is 0.492 e. The number of hydrogen-bond acceptors (Lipinski definition) is 4. The lowest BCUT2D eigenvalue weighted by Gasteiger charge is -2.20. The molecule has 2 aromatic rings. The lowest BCUT2D eigenvalue weighted by molar-refractivity contribution is -0.116. The van der Waals surface area contributed by atoms with Crippen LogP contribution in [0, 0.1) is 0 Å². The lowest BCUT2D eigenvalue weighted by Crippen LogP contribution is -2.30. The number of benzene rings is 2. The molecule has 2 rings (SSSR count). The molecular formula is C21H27ClN2O4S. The van der Waals surface area contributed by atoms with E-state index in [1.54, 1.807) is 32.0 Å². The third-order valence-electron chi connectivity index (χ3n) is 4.42. The van der Waals surface area contributed by atoms with Gasteiger partial charge in [0.15, 0.2) is 0 Å². The van der Waals surface area contributed by atoms with Crippen molar-refractivity contribution in [3.63, 3.8) is 0 Å². The molecule has 0 saturated heterocycles. The highest BCUT2D eigenvalue weighted by Crippen LogP contribution is 2.29. The number of nitrogens with one attached hydrogen (secondary N) is 1. The fraction of sp³-hybridized carbons (Fsp3) is 0.381. The van der Waals surface area contributed by atoms with E-state index < -0.39 is 10.0 Å². The molecule has 1 amide bonds. The van der Waals surface area contributed by atoms with Crippen LogP contribution in [-0.4, -0.2) is 38.3 Å². The van der Waals surface area contributed by atoms with Crippen molar-refractivity contribution in [1.82, 2.24) is 4.31 Å². The lowest BCUT2D eigenvalue weighted by atomic mass is 10.1. The summed E-state index contributed by atoms with van der Waals surface area (Å²) in [5.41, 5.74) is 1.34. The highest BCUT2D eigenvalue weighted by Gasteiger charge is 2.23. The molecule has 0 atom stereocenters. The van der Waals surface area contributed by atoms with Crippen molar-refractivity contribution in [3.8, 4) is 5.75 Å². The third-order valence-corrected chi connectivity index (χ3v) is 6.72. The molecule has 0 aliphatic rings. The van der Waals surface area contributed by atoms with Crippen molar-refractivity contribution in [3.05, 3.63) is 53.1 Å². The van der Waals surface area contributed by atoms with Gasteiger partial charge in [0.1, 0.15) is 5.75 Å². The molecule has 0 aliphatic heterocycles. The number of amides is 1. The molecule has 6 nitrogen and oxygen atoms in total. The summed E-state index contributed by atoms with van der Waals surface area (Å²) in [5, 5.41) is 3.44. The first-order valence-corrected chi connectivity index (χ1v) is 11.4. The second-order valence-electron chi connectivity index (χ2n) is 6.35. The van der Waals surface area contributed by atoms with Gasteiger partial charge in [0.05, 0.1) is 17.2 Å². The van der Waals surface area contributed by atoms with Gasteiger partial charge in [-0.05, 0) is 49.2 Å². The molecule has 2 aromatic carbocycles. The molecule has 0 bridgehead atoms. The molecular weight excluding hydrogens is 412 g/mol. The van der Waals surface area contributed by atoms with Crippen molar-refractivity contribution < 1.29 is 17.9 Å². The van der Waals surface area contributed by atoms with Crippen molar-refractivity contribution in [2.24, 2.45) is 0 Å². The maximum Gasteiger partial charge on any atom is 0.243 e. The van der Waals surface area contributed by atoms with Gasteiger partial charge in [-0.15, -0.1) is 0 Å². The number of anilines is 1. The first kappa shape index (κ1) is 23.2. The Morgan fingerprint density at radius 1 is 1.07 bits per heavy atom. The first-order chi connectivity index (χ1) is 13.8. The summed E-state index contributed by atoms with van der Waals surface area (Å²) in [4.78, 5) is 12.6. The normalized spacial score (nSPS) is 11.5. The van der Waals surface area contributed by atoms with Crippen LogP contribution in [0.4, 0.5) is 5.69 Å². The summed E-state index contributed by atoms with van der Waals surface area (Å²) in [6, 6.07) is 11.8. The zero-order valence-corrected chi connectivity index (χ0v) is 18.5. The number of nitrogens with zero attached hydrogens (tertiary/aromatic N) is 1. The van der Waals surface area contributed by atoms with Crippen LogP contribution in [0.2, 0.25) is 5.02 Å². The van der Waals surface area contributed by atoms with Crippen LogP contribution in [0.3, 0.4) is 0 Å². The van der Waals surface area contributed by atoms with Crippen LogP contribution in [0.15, 0.2) is 47.4 Å². The smallest absolute Gasteiger partial charge is 0.243 e. The van der Waals surface area contributed by atoms with Crippen LogP contribution < -0.4 is 10.1 Å². The van der Waals surface area contributed by atoms with E-state index in [-0.39, 0.29) is 17.2 Å². The molecule has 158 valence electrons. The minimum atomic E-state index is -3.64. The minimum Gasteiger partial charge on any atom is -0.492 e. The van der Waals surface area contributed by atoms with Crippen LogP contribution in [0.5, 0.6) is 5.75 Å². The Bertz CT molecular complexity index is 926. The molecule has 1 N–H and O–H groups in total. The molecule has 0 saturated carbocycles. The van der Waals surface area contributed by atoms with E-state index in [1.807, 2.05) is 19.1 Å². The maximum atomic E-state index is 12.8. The average Bonchev–Trinajstić information content (AvgIpc) is 2.69. The number of sulfonamides is 1. The van der Waals surface area contributed by atoms with Gasteiger partial charge in [-0.25, -0.2) is 8.42 Å². The van der Waals surface area contributed by atoms with Crippen LogP contribution >= 0.6 is 11.6 Å². The van der Waals surface area contributed by atoms with Gasteiger partial charge in [-0.3, -0.25) is 4.79 Å². The van der Waals surface area contributed by atoms with Gasteiger partial charge >= 0.3 is 0 Å². The van der Waals surface area contributed by atoms with Gasteiger partial charge in [0.25, 0.3) is 0 Å². The van der Waals surface area contributed by atoms with Gasteiger partial charge in [-0.2, -0.15) is 4.31 Å². The van der Waals surface area contributed by atoms with E-state index in [9.17, 15) is 13.2 Å². The second-order valence-corrected chi connectivity index (χ2v) is 8.73. The predicted molar refractivity (Wildman–Crippen MR) is 116 cm³/mol. The summed E-state index contributed by atoms with van der Waals surface area (Å²) >= 11 is 5.88. The Balaban J connectivity index is 2.20. The number of ether oxygens (including phenoxy) is 1. The van der Waals surface area contributed by atoms with E-state index in [0.717, 1.165) is 5.56 Å². The molecule has 0 radical (unpaired) electrons. The third kappa shape index (κ3) is 6.19. The molecule has 8 heteroatoms. The highest BCUT2D eigenvalue weighted by atomic mass is 35.5. The minimum absolute atomic E-state index is 0.123. The number of aryl methyl sites for hydroxylation is 1. The molecule has 0 unspecified atom stereocenters. The van der Waals surface area contributed by atoms with E-state index in [2.05, 4.69) is 5.32 Å². The maximum absolute atomic E-state index is 12.8. The quantitative estimate of drug-likeness (QED) is 0.598. The number of carbonyl (C=O) groups is 1. The van der Waals surface area contributed by atoms with Crippen LogP contribution in [0.1, 0.15) is 32.8 Å². The number of halogens is 1. The van der Waals surface area contributed by atoms with Gasteiger partial charge in [0.2, 0.25) is 15.9 Å². The second kappa shape index (κ2) is 10.6. The predicted octanol–water partition coefficient (Wildman–Crippen LogP) is 4.34. The molecule has 0 spiro atoms. The zero-order chi connectivity index (χ0) is 21.4. The van der Waals surface area contributed by atoms with Gasteiger partial charge in [0, 0.05) is 24.5 Å². The molecule has 0 fully saturated rings. The Kier molecular flexibility index (Phi) is 8.49. The van der Waals surface area contributed by atoms with E-state index >= 15 is 0 Å². The van der Waals surface area contributed by atoms with Crippen LogP contribution in [0.25, 0.3) is 0 Å². The summed E-state index contributed by atoms with van der Waals surface area (Å²) in [6.07, 6.45) is 0.796. The highest BCUT2D eigenvalue weighted by molar-refractivity contribution is 7.89. The standard InChI is InChI=1S/C21H27ClN2O4S/c1-4-24(5-2)29(26,27)18-12-13-20(28-6-3)19(15-18)23-21(25)14-9-16-7-10-17(22)11-8-16/h7-8,10-13,15H,4-6,9,14H2,1-3H3,(H,23,25). The van der Waals surface area contributed by atoms with E-state index in [0.29, 0.717) is 42.6 Å². The van der Waals surface area contributed by atoms with Crippen molar-refractivity contribution in [2.45, 2.75) is 38.5 Å². The SMILES string of the molecule is CCOc1ccc(S(=O)(=O)N(CC)CC)cc1NC(=O)CCc1ccc(Cl)cc1. The fourth-order valence-corrected chi connectivity index (χ4v) is 4.49. The van der Waals surface area contributed by atoms with Crippen LogP contribution in [-0.2, 0) is 21.2 Å². The summed E-state index contributed by atoms with van der Waals surface area (Å²) in [5.74, 6) is 0.212. The van der Waals surface area contributed by atoms with Crippen molar-refractivity contribution in [1.29, 1.82) is 0 Å². The Labute approximate surface area is 177 Å². The molecule has 0 heterocycles. The Hall–Kier alpha value is -2.09. The van der Waals surface area contributed by atoms with Gasteiger partial charge in [-0.1, -0.05) is 37.6 Å². The average molecular weight is 439 g/mol. The number of carbonyl (C=O) groups excluding carboxylic acids is 1. The van der Waals surface area contributed by atoms with Gasteiger partial charge < -0.3 is 10.1 Å². The zero-order valence-electron chi connectivity index (χ0n) is 16.9. The first-order valence-electron chi connectivity index (χ1n) is 9.63. The number of rotatable bonds is 10. The monoisotopic (exact) mass is 438 g/mol. The van der Waals surface area contributed by atoms with E-state index in [1.165, 1.54) is 16.4 Å². The Morgan fingerprint density at radius 2 is 1.72 bits per heavy atom. The topological polar surface area (TPSA) is 75.7 Å². The van der Waals surface area contributed by atoms with Crippen molar-refractivity contribution >= 4 is 33.2 Å².